The van der Waals surface area contributed by atoms with Crippen LogP contribution in [0.15, 0.2) is 18.2 Å². The number of rotatable bonds is 5. The molecule has 1 aromatic carbocycles. The Kier molecular flexibility index (Phi) is 5.89. The Labute approximate surface area is 144 Å². The van der Waals surface area contributed by atoms with Gasteiger partial charge in [-0.25, -0.2) is 9.59 Å². The molecule has 0 unspecified atom stereocenters. The van der Waals surface area contributed by atoms with E-state index in [2.05, 4.69) is 0 Å². The Morgan fingerprint density at radius 3 is 2.64 bits per heavy atom. The van der Waals surface area contributed by atoms with Crippen molar-refractivity contribution in [2.24, 2.45) is 0 Å². The summed E-state index contributed by atoms with van der Waals surface area (Å²) in [6.07, 6.45) is -1.81. The summed E-state index contributed by atoms with van der Waals surface area (Å²) >= 11 is 0. The molecule has 0 aliphatic carbocycles. The number of hydrogen-bond acceptors (Lipinski definition) is 5. The number of piperazine rings is 1. The van der Waals surface area contributed by atoms with Crippen molar-refractivity contribution in [2.75, 3.05) is 33.4 Å². The Morgan fingerprint density at radius 2 is 2.04 bits per heavy atom. The highest BCUT2D eigenvalue weighted by atomic mass is 16.5. The third-order valence-corrected chi connectivity index (χ3v) is 4.00. The van der Waals surface area contributed by atoms with E-state index in [4.69, 9.17) is 19.8 Å². The van der Waals surface area contributed by atoms with Crippen molar-refractivity contribution in [1.29, 1.82) is 5.26 Å². The van der Waals surface area contributed by atoms with E-state index in [1.807, 2.05) is 6.07 Å². The van der Waals surface area contributed by atoms with E-state index < -0.39 is 18.2 Å². The van der Waals surface area contributed by atoms with Gasteiger partial charge in [0.15, 0.2) is 11.5 Å². The van der Waals surface area contributed by atoms with Crippen LogP contribution in [0.25, 0.3) is 0 Å². The van der Waals surface area contributed by atoms with Gasteiger partial charge < -0.3 is 29.5 Å². The SMILES string of the molecule is COc1cc(C#N)ccc1OCC[C@@H]1CN(C(=O)O)CCN1C(=O)O. The summed E-state index contributed by atoms with van der Waals surface area (Å²) in [6.45, 7) is 0.578. The van der Waals surface area contributed by atoms with Crippen LogP contribution in [0.1, 0.15) is 12.0 Å². The fourth-order valence-electron chi connectivity index (χ4n) is 2.69. The van der Waals surface area contributed by atoms with Gasteiger partial charge in [0.05, 0.1) is 31.4 Å². The van der Waals surface area contributed by atoms with Gasteiger partial charge in [0.2, 0.25) is 0 Å². The van der Waals surface area contributed by atoms with Gasteiger partial charge in [-0.1, -0.05) is 0 Å². The van der Waals surface area contributed by atoms with Crippen molar-refractivity contribution in [3.8, 4) is 17.6 Å². The Bertz CT molecular complexity index is 687. The highest BCUT2D eigenvalue weighted by Crippen LogP contribution is 2.28. The molecule has 1 heterocycles. The minimum atomic E-state index is -1.08. The van der Waals surface area contributed by atoms with E-state index in [-0.39, 0.29) is 26.2 Å². The minimum absolute atomic E-state index is 0.107. The minimum Gasteiger partial charge on any atom is -0.493 e. The van der Waals surface area contributed by atoms with Gasteiger partial charge in [0, 0.05) is 32.1 Å². The molecule has 9 nitrogen and oxygen atoms in total. The third kappa shape index (κ3) is 4.44. The number of carbonyl (C=O) groups is 2. The largest absolute Gasteiger partial charge is 0.493 e. The van der Waals surface area contributed by atoms with Crippen LogP contribution in [0.4, 0.5) is 9.59 Å². The number of nitriles is 1. The van der Waals surface area contributed by atoms with Gasteiger partial charge in [-0.05, 0) is 12.1 Å². The Balaban J connectivity index is 1.99. The van der Waals surface area contributed by atoms with Crippen molar-refractivity contribution in [1.82, 2.24) is 9.80 Å². The lowest BCUT2D eigenvalue weighted by Gasteiger charge is -2.38. The third-order valence-electron chi connectivity index (χ3n) is 4.00. The van der Waals surface area contributed by atoms with Crippen LogP contribution in [-0.2, 0) is 0 Å². The van der Waals surface area contributed by atoms with E-state index in [9.17, 15) is 14.7 Å². The van der Waals surface area contributed by atoms with Crippen LogP contribution in [0.5, 0.6) is 11.5 Å². The second kappa shape index (κ2) is 8.10. The molecule has 0 bridgehead atoms. The molecule has 2 N–H and O–H groups in total. The molecule has 1 atom stereocenters. The van der Waals surface area contributed by atoms with Crippen LogP contribution in [0.3, 0.4) is 0 Å². The van der Waals surface area contributed by atoms with E-state index >= 15 is 0 Å². The maximum absolute atomic E-state index is 11.3. The second-order valence-electron chi connectivity index (χ2n) is 5.47. The van der Waals surface area contributed by atoms with Crippen molar-refractivity contribution in [2.45, 2.75) is 12.5 Å². The average Bonchev–Trinajstić information content (AvgIpc) is 2.61. The van der Waals surface area contributed by atoms with Gasteiger partial charge in [-0.2, -0.15) is 5.26 Å². The van der Waals surface area contributed by atoms with Gasteiger partial charge in [-0.3, -0.25) is 0 Å². The summed E-state index contributed by atoms with van der Waals surface area (Å²) in [4.78, 5) is 24.9. The van der Waals surface area contributed by atoms with Crippen molar-refractivity contribution >= 4 is 12.2 Å². The van der Waals surface area contributed by atoms with Crippen molar-refractivity contribution in [3.63, 3.8) is 0 Å². The Hall–Kier alpha value is -3.15. The molecule has 134 valence electrons. The smallest absolute Gasteiger partial charge is 0.407 e. The second-order valence-corrected chi connectivity index (χ2v) is 5.47. The predicted molar refractivity (Wildman–Crippen MR) is 85.9 cm³/mol. The maximum atomic E-state index is 11.3. The number of nitrogens with zero attached hydrogens (tertiary/aromatic N) is 3. The van der Waals surface area contributed by atoms with Crippen LogP contribution in [-0.4, -0.2) is 71.6 Å². The summed E-state index contributed by atoms with van der Waals surface area (Å²) in [5.74, 6) is 0.847. The summed E-state index contributed by atoms with van der Waals surface area (Å²) in [5.41, 5.74) is 0.436. The molecular formula is C16H19N3O6. The summed E-state index contributed by atoms with van der Waals surface area (Å²) < 4.78 is 10.8. The lowest BCUT2D eigenvalue weighted by atomic mass is 10.1. The molecule has 25 heavy (non-hydrogen) atoms. The summed E-state index contributed by atoms with van der Waals surface area (Å²) in [5, 5.41) is 27.2. The summed E-state index contributed by atoms with van der Waals surface area (Å²) in [6, 6.07) is 6.27. The number of hydrogen-bond donors (Lipinski definition) is 2. The molecule has 1 aliphatic heterocycles. The Morgan fingerprint density at radius 1 is 1.28 bits per heavy atom. The molecule has 0 aromatic heterocycles. The monoisotopic (exact) mass is 349 g/mol. The number of carboxylic acid groups (broad SMARTS) is 2. The number of benzene rings is 1. The zero-order chi connectivity index (χ0) is 18.4. The highest BCUT2D eigenvalue weighted by Gasteiger charge is 2.32. The van der Waals surface area contributed by atoms with Crippen LogP contribution < -0.4 is 9.47 Å². The van der Waals surface area contributed by atoms with Crippen molar-refractivity contribution < 1.29 is 29.3 Å². The maximum Gasteiger partial charge on any atom is 0.407 e. The first-order valence-corrected chi connectivity index (χ1v) is 7.64. The zero-order valence-corrected chi connectivity index (χ0v) is 13.7. The van der Waals surface area contributed by atoms with E-state index in [0.29, 0.717) is 23.5 Å². The van der Waals surface area contributed by atoms with Crippen LogP contribution in [0, 0.1) is 11.3 Å². The number of amides is 2. The van der Waals surface area contributed by atoms with Gasteiger partial charge in [0.25, 0.3) is 0 Å². The predicted octanol–water partition coefficient (Wildman–Crippen LogP) is 1.68. The molecule has 0 spiro atoms. The van der Waals surface area contributed by atoms with Gasteiger partial charge >= 0.3 is 12.2 Å². The van der Waals surface area contributed by atoms with E-state index in [0.717, 1.165) is 0 Å². The first kappa shape index (κ1) is 18.2. The highest BCUT2D eigenvalue weighted by molar-refractivity contribution is 5.68. The topological polar surface area (TPSA) is 123 Å². The molecule has 1 saturated heterocycles. The molecule has 1 fully saturated rings. The van der Waals surface area contributed by atoms with E-state index in [1.54, 1.807) is 18.2 Å². The lowest BCUT2D eigenvalue weighted by molar-refractivity contribution is 0.0561. The standard InChI is InChI=1S/C16H19N3O6/c1-24-14-8-11(9-17)2-3-13(14)25-7-4-12-10-18(15(20)21)5-6-19(12)16(22)23/h2-3,8,12H,4-7,10H2,1H3,(H,20,21)(H,22,23)/t12-/m1/s1. The molecule has 2 amide bonds. The quantitative estimate of drug-likeness (QED) is 0.829. The fourth-order valence-corrected chi connectivity index (χ4v) is 2.69. The molecule has 1 aromatic rings. The molecule has 9 heteroatoms. The fraction of sp³-hybridized carbons (Fsp3) is 0.438. The molecule has 0 radical (unpaired) electrons. The normalized spacial score (nSPS) is 16.9. The molecule has 1 aliphatic rings. The van der Waals surface area contributed by atoms with Crippen LogP contribution in [0.2, 0.25) is 0 Å². The van der Waals surface area contributed by atoms with Gasteiger partial charge in [0.1, 0.15) is 0 Å². The number of methoxy groups -OCH3 is 1. The van der Waals surface area contributed by atoms with Crippen molar-refractivity contribution in [3.05, 3.63) is 23.8 Å². The molecule has 0 saturated carbocycles. The zero-order valence-electron chi connectivity index (χ0n) is 13.7. The first-order chi connectivity index (χ1) is 12.0. The number of ether oxygens (including phenoxy) is 2. The van der Waals surface area contributed by atoms with Gasteiger partial charge in [-0.15, -0.1) is 0 Å². The molecule has 2 rings (SSSR count). The molecular weight excluding hydrogens is 330 g/mol. The lowest BCUT2D eigenvalue weighted by Crippen LogP contribution is -2.56. The average molecular weight is 349 g/mol. The summed E-state index contributed by atoms with van der Waals surface area (Å²) in [7, 11) is 1.46. The van der Waals surface area contributed by atoms with Crippen LogP contribution >= 0.6 is 0 Å². The van der Waals surface area contributed by atoms with E-state index in [1.165, 1.54) is 16.9 Å². The first-order valence-electron chi connectivity index (χ1n) is 7.64.